The topological polar surface area (TPSA) is 38.3 Å². The lowest BCUT2D eigenvalue weighted by Gasteiger charge is -2.12. The van der Waals surface area contributed by atoms with Crippen LogP contribution in [0.5, 0.6) is 5.75 Å². The predicted octanol–water partition coefficient (Wildman–Crippen LogP) is 3.39. The molecule has 3 heteroatoms. The van der Waals surface area contributed by atoms with Crippen LogP contribution >= 0.6 is 0 Å². The molecule has 0 aliphatic rings. The Kier molecular flexibility index (Phi) is 6.26. The maximum absolute atomic E-state index is 11.9. The van der Waals surface area contributed by atoms with Crippen molar-refractivity contribution in [2.75, 3.05) is 6.61 Å². The Balaban J connectivity index is 2.60. The number of hydrogen-bond donors (Lipinski definition) is 1. The monoisotopic (exact) mass is 249 g/mol. The van der Waals surface area contributed by atoms with E-state index in [-0.39, 0.29) is 11.9 Å². The molecule has 0 saturated carbocycles. The summed E-state index contributed by atoms with van der Waals surface area (Å²) in [6.07, 6.45) is 3.07. The maximum atomic E-state index is 11.9. The Morgan fingerprint density at radius 1 is 1.39 bits per heavy atom. The third-order valence-corrected chi connectivity index (χ3v) is 2.85. The van der Waals surface area contributed by atoms with Crippen LogP contribution in [0.4, 0.5) is 0 Å². The van der Waals surface area contributed by atoms with Crippen molar-refractivity contribution in [2.45, 2.75) is 46.1 Å². The molecular formula is C15H23NO2. The molecule has 0 unspecified atom stereocenters. The minimum absolute atomic E-state index is 0.0368. The first-order valence-electron chi connectivity index (χ1n) is 6.71. The van der Waals surface area contributed by atoms with Crippen LogP contribution in [0.25, 0.3) is 0 Å². The second-order valence-corrected chi connectivity index (χ2v) is 4.51. The summed E-state index contributed by atoms with van der Waals surface area (Å²) >= 11 is 0. The molecule has 1 amide bonds. The van der Waals surface area contributed by atoms with Crippen molar-refractivity contribution in [3.63, 3.8) is 0 Å². The van der Waals surface area contributed by atoms with Crippen molar-refractivity contribution in [1.29, 1.82) is 0 Å². The van der Waals surface area contributed by atoms with E-state index < -0.39 is 0 Å². The molecule has 0 heterocycles. The molecule has 0 radical (unpaired) electrons. The van der Waals surface area contributed by atoms with E-state index in [9.17, 15) is 4.79 Å². The highest BCUT2D eigenvalue weighted by Gasteiger charge is 2.09. The van der Waals surface area contributed by atoms with Crippen LogP contribution in [0.3, 0.4) is 0 Å². The number of nitrogens with one attached hydrogen (secondary N) is 1. The molecule has 0 saturated heterocycles. The second kappa shape index (κ2) is 7.75. The molecule has 1 atom stereocenters. The highest BCUT2D eigenvalue weighted by Crippen LogP contribution is 2.14. The molecule has 18 heavy (non-hydrogen) atoms. The highest BCUT2D eigenvalue weighted by atomic mass is 16.5. The van der Waals surface area contributed by atoms with Gasteiger partial charge >= 0.3 is 0 Å². The standard InChI is InChI=1S/C15H23NO2/c1-4-6-10-18-14-9-7-8-13(11-14)15(17)16-12(3)5-2/h7-9,11-12H,4-6,10H2,1-3H3,(H,16,17)/t12-/m0/s1. The van der Waals surface area contributed by atoms with Crippen LogP contribution in [-0.2, 0) is 0 Å². The molecule has 1 N–H and O–H groups in total. The summed E-state index contributed by atoms with van der Waals surface area (Å²) in [5.41, 5.74) is 0.657. The Bertz CT molecular complexity index is 377. The van der Waals surface area contributed by atoms with Crippen LogP contribution in [0.15, 0.2) is 24.3 Å². The quantitative estimate of drug-likeness (QED) is 0.752. The maximum Gasteiger partial charge on any atom is 0.251 e. The van der Waals surface area contributed by atoms with E-state index >= 15 is 0 Å². The van der Waals surface area contributed by atoms with Crippen molar-refractivity contribution >= 4 is 5.91 Å². The molecule has 0 bridgehead atoms. The van der Waals surface area contributed by atoms with Gasteiger partial charge in [0.05, 0.1) is 6.61 Å². The lowest BCUT2D eigenvalue weighted by atomic mass is 10.1. The Labute approximate surface area is 110 Å². The van der Waals surface area contributed by atoms with Gasteiger partial charge < -0.3 is 10.1 Å². The molecule has 3 nitrogen and oxygen atoms in total. The van der Waals surface area contributed by atoms with Gasteiger partial charge in [-0.1, -0.05) is 26.3 Å². The van der Waals surface area contributed by atoms with E-state index in [0.29, 0.717) is 12.2 Å². The fourth-order valence-electron chi connectivity index (χ4n) is 1.47. The smallest absolute Gasteiger partial charge is 0.251 e. The summed E-state index contributed by atoms with van der Waals surface area (Å²) in [6.45, 7) is 6.88. The molecule has 1 aromatic carbocycles. The normalized spacial score (nSPS) is 11.9. The Morgan fingerprint density at radius 2 is 2.17 bits per heavy atom. The third-order valence-electron chi connectivity index (χ3n) is 2.85. The average Bonchev–Trinajstić information content (AvgIpc) is 2.39. The van der Waals surface area contributed by atoms with E-state index in [1.807, 2.05) is 25.1 Å². The predicted molar refractivity (Wildman–Crippen MR) is 74.1 cm³/mol. The molecule has 1 aromatic rings. The van der Waals surface area contributed by atoms with Gasteiger partial charge in [0.2, 0.25) is 0 Å². The number of unbranched alkanes of at least 4 members (excludes halogenated alkanes) is 1. The van der Waals surface area contributed by atoms with Gasteiger partial charge in [0, 0.05) is 11.6 Å². The number of hydrogen-bond acceptors (Lipinski definition) is 2. The van der Waals surface area contributed by atoms with Crippen LogP contribution in [-0.4, -0.2) is 18.6 Å². The van der Waals surface area contributed by atoms with E-state index in [2.05, 4.69) is 19.2 Å². The summed E-state index contributed by atoms with van der Waals surface area (Å²) < 4.78 is 5.59. The zero-order valence-electron chi connectivity index (χ0n) is 11.5. The zero-order valence-corrected chi connectivity index (χ0v) is 11.5. The van der Waals surface area contributed by atoms with E-state index in [1.165, 1.54) is 0 Å². The first-order chi connectivity index (χ1) is 8.67. The number of ether oxygens (including phenoxy) is 1. The SMILES string of the molecule is CCCCOc1cccc(C(=O)N[C@@H](C)CC)c1. The molecule has 0 aliphatic heterocycles. The molecule has 0 fully saturated rings. The van der Waals surface area contributed by atoms with Gasteiger partial charge in [-0.25, -0.2) is 0 Å². The van der Waals surface area contributed by atoms with Crippen LogP contribution in [0.2, 0.25) is 0 Å². The lowest BCUT2D eigenvalue weighted by molar-refractivity contribution is 0.0939. The molecule has 0 spiro atoms. The van der Waals surface area contributed by atoms with Gasteiger partial charge in [0.25, 0.3) is 5.91 Å². The average molecular weight is 249 g/mol. The number of rotatable bonds is 7. The van der Waals surface area contributed by atoms with Crippen molar-refractivity contribution in [1.82, 2.24) is 5.32 Å². The summed E-state index contributed by atoms with van der Waals surface area (Å²) in [5, 5.41) is 2.95. The van der Waals surface area contributed by atoms with Crippen LogP contribution in [0, 0.1) is 0 Å². The van der Waals surface area contributed by atoms with Gasteiger partial charge in [0.15, 0.2) is 0 Å². The number of amides is 1. The minimum Gasteiger partial charge on any atom is -0.494 e. The van der Waals surface area contributed by atoms with E-state index in [0.717, 1.165) is 25.0 Å². The van der Waals surface area contributed by atoms with Gasteiger partial charge in [-0.15, -0.1) is 0 Å². The van der Waals surface area contributed by atoms with Crippen molar-refractivity contribution in [3.8, 4) is 5.75 Å². The van der Waals surface area contributed by atoms with Gasteiger partial charge in [-0.2, -0.15) is 0 Å². The van der Waals surface area contributed by atoms with Gasteiger partial charge in [-0.3, -0.25) is 4.79 Å². The second-order valence-electron chi connectivity index (χ2n) is 4.51. The molecule has 0 aliphatic carbocycles. The van der Waals surface area contributed by atoms with Crippen molar-refractivity contribution in [3.05, 3.63) is 29.8 Å². The highest BCUT2D eigenvalue weighted by molar-refractivity contribution is 5.94. The fourth-order valence-corrected chi connectivity index (χ4v) is 1.47. The molecule has 1 rings (SSSR count). The molecular weight excluding hydrogens is 226 g/mol. The summed E-state index contributed by atoms with van der Waals surface area (Å²) in [6, 6.07) is 7.54. The lowest BCUT2D eigenvalue weighted by Crippen LogP contribution is -2.31. The van der Waals surface area contributed by atoms with Crippen LogP contribution in [0.1, 0.15) is 50.4 Å². The number of carbonyl (C=O) groups is 1. The fraction of sp³-hybridized carbons (Fsp3) is 0.533. The summed E-state index contributed by atoms with van der Waals surface area (Å²) in [4.78, 5) is 11.9. The van der Waals surface area contributed by atoms with E-state index in [1.54, 1.807) is 6.07 Å². The summed E-state index contributed by atoms with van der Waals surface area (Å²) in [5.74, 6) is 0.727. The first kappa shape index (κ1) is 14.6. The first-order valence-corrected chi connectivity index (χ1v) is 6.71. The minimum atomic E-state index is -0.0368. The van der Waals surface area contributed by atoms with Gasteiger partial charge in [-0.05, 0) is 38.0 Å². The number of benzene rings is 1. The van der Waals surface area contributed by atoms with E-state index in [4.69, 9.17) is 4.74 Å². The van der Waals surface area contributed by atoms with Crippen molar-refractivity contribution < 1.29 is 9.53 Å². The largest absolute Gasteiger partial charge is 0.494 e. The molecule has 0 aromatic heterocycles. The molecule has 100 valence electrons. The van der Waals surface area contributed by atoms with Gasteiger partial charge in [0.1, 0.15) is 5.75 Å². The van der Waals surface area contributed by atoms with Crippen LogP contribution < -0.4 is 10.1 Å². The summed E-state index contributed by atoms with van der Waals surface area (Å²) in [7, 11) is 0. The zero-order chi connectivity index (χ0) is 13.4. The Hall–Kier alpha value is -1.51. The Morgan fingerprint density at radius 3 is 2.83 bits per heavy atom. The third kappa shape index (κ3) is 4.78. The number of carbonyl (C=O) groups excluding carboxylic acids is 1. The van der Waals surface area contributed by atoms with Crippen molar-refractivity contribution in [2.24, 2.45) is 0 Å².